The molecule has 5 nitrogen and oxygen atoms in total. The van der Waals surface area contributed by atoms with Gasteiger partial charge < -0.3 is 11.1 Å². The maximum absolute atomic E-state index is 14.0. The molecule has 3 N–H and O–H groups in total. The van der Waals surface area contributed by atoms with Crippen molar-refractivity contribution in [3.8, 4) is 0 Å². The first-order chi connectivity index (χ1) is 17.6. The molecule has 0 radical (unpaired) electrons. The summed E-state index contributed by atoms with van der Waals surface area (Å²) in [7, 11) is 0. The molecule has 0 aromatic heterocycles. The van der Waals surface area contributed by atoms with Crippen LogP contribution in [0.4, 0.5) is 23.2 Å². The van der Waals surface area contributed by atoms with Gasteiger partial charge in [0.05, 0.1) is 12.2 Å². The molecule has 2 aliphatic rings. The predicted octanol–water partition coefficient (Wildman–Crippen LogP) is 7.16. The van der Waals surface area contributed by atoms with Crippen LogP contribution in [0.3, 0.4) is 0 Å². The Labute approximate surface area is 214 Å². The number of carbonyl (C=O) groups is 1. The van der Waals surface area contributed by atoms with E-state index in [0.29, 0.717) is 22.5 Å². The summed E-state index contributed by atoms with van der Waals surface area (Å²) in [6.45, 7) is 7.32. The van der Waals surface area contributed by atoms with E-state index in [-0.39, 0.29) is 29.6 Å². The highest BCUT2D eigenvalue weighted by Crippen LogP contribution is 2.34. The van der Waals surface area contributed by atoms with Gasteiger partial charge in [0.25, 0.3) is 0 Å². The third-order valence-electron chi connectivity index (χ3n) is 5.19. The van der Waals surface area contributed by atoms with Crippen LogP contribution in [0.5, 0.6) is 0 Å². The van der Waals surface area contributed by atoms with Crippen molar-refractivity contribution in [2.45, 2.75) is 40.3 Å². The Hall–Kier alpha value is -4.01. The molecular weight excluding hydrogens is 484 g/mol. The van der Waals surface area contributed by atoms with Gasteiger partial charge in [0.2, 0.25) is 0 Å². The number of Topliss-reactive ketones (excluding diaryl/α,β-unsaturated/α-hetero) is 1. The average molecular weight is 515 g/mol. The van der Waals surface area contributed by atoms with Crippen molar-refractivity contribution in [1.29, 1.82) is 0 Å². The number of nitrogens with one attached hydrogen (secondary N) is 1. The van der Waals surface area contributed by atoms with Gasteiger partial charge in [-0.25, -0.2) is 9.38 Å². The quantitative estimate of drug-likeness (QED) is 0.189. The van der Waals surface area contributed by atoms with Crippen LogP contribution in [-0.4, -0.2) is 30.2 Å². The molecule has 1 heterocycles. The second-order valence-corrected chi connectivity index (χ2v) is 7.68. The van der Waals surface area contributed by atoms with Gasteiger partial charge in [-0.3, -0.25) is 9.79 Å². The Kier molecular flexibility index (Phi) is 10.5. The number of anilines is 1. The highest BCUT2D eigenvalue weighted by atomic mass is 19.4. The van der Waals surface area contributed by atoms with E-state index in [0.717, 1.165) is 18.2 Å². The Balaban J connectivity index is 0.00000235. The van der Waals surface area contributed by atoms with Crippen LogP contribution >= 0.6 is 0 Å². The molecule has 0 saturated carbocycles. The number of carbonyl (C=O) groups excluding carboxylic acids is 1. The Morgan fingerprint density at radius 3 is 2.46 bits per heavy atom. The lowest BCUT2D eigenvalue weighted by molar-refractivity contribution is -0.0929. The number of nitrogens with two attached hydrogens (primary N) is 1. The number of benzene rings is 1. The van der Waals surface area contributed by atoms with Gasteiger partial charge in [0.15, 0.2) is 5.78 Å². The fraction of sp³-hybridized carbons (Fsp3) is 0.250. The van der Waals surface area contributed by atoms with Gasteiger partial charge >= 0.3 is 6.18 Å². The monoisotopic (exact) mass is 514 g/mol. The lowest BCUT2D eigenvalue weighted by atomic mass is 10.0. The molecule has 0 amide bonds. The summed E-state index contributed by atoms with van der Waals surface area (Å²) in [6.07, 6.45) is 4.09. The van der Waals surface area contributed by atoms with Crippen molar-refractivity contribution in [1.82, 2.24) is 0 Å². The molecule has 0 atom stereocenters. The van der Waals surface area contributed by atoms with Crippen molar-refractivity contribution in [3.05, 3.63) is 101 Å². The third-order valence-corrected chi connectivity index (χ3v) is 5.19. The second-order valence-electron chi connectivity index (χ2n) is 7.68. The van der Waals surface area contributed by atoms with Crippen molar-refractivity contribution >= 4 is 23.1 Å². The van der Waals surface area contributed by atoms with Crippen LogP contribution in [0.1, 0.15) is 44.5 Å². The standard InChI is InChI=1S/C26H24F4N4O.C2H6/c1-3-22(33-23-7-5-4-6-21(23)16(2)35)25(31)34-24-11-8-17(12-13-32-24)18-14-19(26(28,29)30)9-10-20(27)15-18;1-2/h3-8,10-12,14-15,33H,9,13H2,1-2H3,(H2,31,32,34);1-2H3/b22-3+;. The summed E-state index contributed by atoms with van der Waals surface area (Å²) in [5, 5.41) is 3.10. The molecule has 3 rings (SSSR count). The SMILES string of the molecule is C/C=C(/Nc1ccccc1C(C)=O)C(N)=NC1=NCC=C(C2=CC(F)=CCC(C(F)(F)F)=C2)C=C1.CC. The number of rotatable bonds is 5. The maximum atomic E-state index is 14.0. The molecule has 1 aliphatic carbocycles. The molecule has 0 unspecified atom stereocenters. The van der Waals surface area contributed by atoms with Gasteiger partial charge in [0, 0.05) is 16.8 Å². The topological polar surface area (TPSA) is 79.8 Å². The summed E-state index contributed by atoms with van der Waals surface area (Å²) in [5.41, 5.74) is 7.30. The summed E-state index contributed by atoms with van der Waals surface area (Å²) < 4.78 is 53.7. The van der Waals surface area contributed by atoms with Crippen LogP contribution in [0, 0.1) is 0 Å². The highest BCUT2D eigenvalue weighted by molar-refractivity contribution is 6.10. The molecule has 1 aliphatic heterocycles. The van der Waals surface area contributed by atoms with Gasteiger partial charge in [0.1, 0.15) is 17.5 Å². The number of nitrogens with zero attached hydrogens (tertiary/aromatic N) is 2. The zero-order valence-electron chi connectivity index (χ0n) is 21.2. The molecular formula is C28H30F4N4O. The van der Waals surface area contributed by atoms with Crippen molar-refractivity contribution in [2.24, 2.45) is 15.7 Å². The van der Waals surface area contributed by atoms with E-state index >= 15 is 0 Å². The number of allylic oxidation sites excluding steroid dienone is 9. The van der Waals surface area contributed by atoms with Crippen molar-refractivity contribution in [2.75, 3.05) is 11.9 Å². The molecule has 1 aromatic carbocycles. The lowest BCUT2D eigenvalue weighted by Crippen LogP contribution is -2.22. The fourth-order valence-corrected chi connectivity index (χ4v) is 3.39. The van der Waals surface area contributed by atoms with E-state index in [1.54, 1.807) is 43.3 Å². The predicted molar refractivity (Wildman–Crippen MR) is 142 cm³/mol. The number of amidine groups is 2. The Morgan fingerprint density at radius 1 is 1.11 bits per heavy atom. The largest absolute Gasteiger partial charge is 0.413 e. The number of para-hydroxylation sites is 1. The Morgan fingerprint density at radius 2 is 1.81 bits per heavy atom. The number of halogens is 4. The third kappa shape index (κ3) is 8.27. The minimum Gasteiger partial charge on any atom is -0.382 e. The van der Waals surface area contributed by atoms with E-state index in [2.05, 4.69) is 15.3 Å². The van der Waals surface area contributed by atoms with Crippen LogP contribution in [-0.2, 0) is 0 Å². The van der Waals surface area contributed by atoms with Crippen molar-refractivity contribution in [3.63, 3.8) is 0 Å². The van der Waals surface area contributed by atoms with E-state index in [4.69, 9.17) is 5.73 Å². The minimum absolute atomic E-state index is 0.0878. The molecule has 0 fully saturated rings. The average Bonchev–Trinajstić information content (AvgIpc) is 3.22. The van der Waals surface area contributed by atoms with E-state index in [1.165, 1.54) is 19.1 Å². The first-order valence-corrected chi connectivity index (χ1v) is 11.7. The van der Waals surface area contributed by atoms with Gasteiger partial charge in [-0.15, -0.1) is 0 Å². The normalized spacial score (nSPS) is 16.6. The molecule has 1 aromatic rings. The minimum atomic E-state index is -4.56. The number of ketones is 1. The number of aliphatic imine (C=N–C) groups is 2. The summed E-state index contributed by atoms with van der Waals surface area (Å²) in [4.78, 5) is 20.5. The molecule has 196 valence electrons. The molecule has 0 spiro atoms. The molecule has 0 saturated heterocycles. The van der Waals surface area contributed by atoms with E-state index in [1.807, 2.05) is 13.8 Å². The van der Waals surface area contributed by atoms with Crippen LogP contribution in [0.25, 0.3) is 0 Å². The zero-order chi connectivity index (χ0) is 27.6. The van der Waals surface area contributed by atoms with Crippen molar-refractivity contribution < 1.29 is 22.4 Å². The summed E-state index contributed by atoms with van der Waals surface area (Å²) in [6, 6.07) is 6.96. The van der Waals surface area contributed by atoms with Crippen LogP contribution in [0.15, 0.2) is 105 Å². The lowest BCUT2D eigenvalue weighted by Gasteiger charge is -2.13. The second kappa shape index (κ2) is 13.3. The number of hydrogen-bond donors (Lipinski definition) is 2. The highest BCUT2D eigenvalue weighted by Gasteiger charge is 2.33. The fourth-order valence-electron chi connectivity index (χ4n) is 3.39. The Bertz CT molecular complexity index is 1260. The van der Waals surface area contributed by atoms with Gasteiger partial charge in [-0.2, -0.15) is 13.2 Å². The molecule has 0 bridgehead atoms. The van der Waals surface area contributed by atoms with Crippen LogP contribution < -0.4 is 11.1 Å². The van der Waals surface area contributed by atoms with Crippen LogP contribution in [0.2, 0.25) is 0 Å². The van der Waals surface area contributed by atoms with Gasteiger partial charge in [-0.1, -0.05) is 44.2 Å². The smallest absolute Gasteiger partial charge is 0.382 e. The molecule has 9 heteroatoms. The number of alkyl halides is 3. The first kappa shape index (κ1) is 29.2. The maximum Gasteiger partial charge on any atom is 0.413 e. The van der Waals surface area contributed by atoms with Gasteiger partial charge in [-0.05, 0) is 67.9 Å². The van der Waals surface area contributed by atoms with E-state index in [9.17, 15) is 22.4 Å². The number of hydrogen-bond acceptors (Lipinski definition) is 4. The summed E-state index contributed by atoms with van der Waals surface area (Å²) in [5.74, 6) is -0.526. The first-order valence-electron chi connectivity index (χ1n) is 11.7. The molecule has 37 heavy (non-hydrogen) atoms. The summed E-state index contributed by atoms with van der Waals surface area (Å²) >= 11 is 0. The zero-order valence-corrected chi connectivity index (χ0v) is 21.2. The van der Waals surface area contributed by atoms with E-state index < -0.39 is 24.0 Å².